The van der Waals surface area contributed by atoms with Crippen molar-refractivity contribution in [1.82, 2.24) is 9.97 Å². The summed E-state index contributed by atoms with van der Waals surface area (Å²) in [7, 11) is 1.61. The molecule has 94 valence electrons. The molecule has 4 nitrogen and oxygen atoms in total. The number of hydrogen-bond acceptors (Lipinski definition) is 4. The van der Waals surface area contributed by atoms with E-state index in [1.807, 2.05) is 18.2 Å². The fraction of sp³-hybridized carbons (Fsp3) is 0.167. The molecule has 18 heavy (non-hydrogen) atoms. The van der Waals surface area contributed by atoms with Gasteiger partial charge in [0.2, 0.25) is 0 Å². The summed E-state index contributed by atoms with van der Waals surface area (Å²) in [6, 6.07) is 5.50. The van der Waals surface area contributed by atoms with Crippen molar-refractivity contribution in [3.05, 3.63) is 46.3 Å². The van der Waals surface area contributed by atoms with Crippen LogP contribution < -0.4 is 10.1 Å². The lowest BCUT2D eigenvalue weighted by atomic mass is 10.2. The summed E-state index contributed by atoms with van der Waals surface area (Å²) in [6.45, 7) is 0.484. The summed E-state index contributed by atoms with van der Waals surface area (Å²) in [6.07, 6.45) is 3.07. The molecule has 0 fully saturated rings. The van der Waals surface area contributed by atoms with Gasteiger partial charge in [0, 0.05) is 17.1 Å². The third-order valence-corrected chi connectivity index (χ3v) is 2.88. The number of rotatable bonds is 4. The summed E-state index contributed by atoms with van der Waals surface area (Å²) in [4.78, 5) is 8.02. The van der Waals surface area contributed by atoms with Crippen LogP contribution in [0.2, 0.25) is 10.2 Å². The Hall–Kier alpha value is -1.52. The number of benzene rings is 1. The van der Waals surface area contributed by atoms with Gasteiger partial charge in [0.1, 0.15) is 16.7 Å². The first-order valence-corrected chi connectivity index (χ1v) is 5.99. The van der Waals surface area contributed by atoms with Crippen LogP contribution in [0, 0.1) is 0 Å². The fourth-order valence-corrected chi connectivity index (χ4v) is 1.89. The first kappa shape index (κ1) is 12.9. The highest BCUT2D eigenvalue weighted by Gasteiger charge is 2.07. The van der Waals surface area contributed by atoms with Gasteiger partial charge in [-0.3, -0.25) is 4.98 Å². The molecule has 0 unspecified atom stereocenters. The summed E-state index contributed by atoms with van der Waals surface area (Å²) in [5.41, 5.74) is 0.864. The van der Waals surface area contributed by atoms with Crippen molar-refractivity contribution < 1.29 is 4.74 Å². The second kappa shape index (κ2) is 5.89. The molecule has 1 heterocycles. The minimum atomic E-state index is 0.339. The standard InChI is InChI=1S/C12H11Cl2N3O/c1-18-10-4-2-3-9(13)8(10)5-16-12-7-15-6-11(14)17-12/h2-4,6-7H,5H2,1H3,(H,16,17). The predicted molar refractivity (Wildman–Crippen MR) is 72.4 cm³/mol. The molecule has 6 heteroatoms. The maximum absolute atomic E-state index is 6.12. The third kappa shape index (κ3) is 3.03. The Morgan fingerprint density at radius 2 is 2.11 bits per heavy atom. The van der Waals surface area contributed by atoms with E-state index in [2.05, 4.69) is 15.3 Å². The summed E-state index contributed by atoms with van der Waals surface area (Å²) in [5.74, 6) is 1.31. The van der Waals surface area contributed by atoms with Crippen LogP contribution >= 0.6 is 23.2 Å². The molecule has 0 spiro atoms. The largest absolute Gasteiger partial charge is 0.496 e. The van der Waals surface area contributed by atoms with Crippen LogP contribution in [0.4, 0.5) is 5.82 Å². The molecule has 2 rings (SSSR count). The average Bonchev–Trinajstić information content (AvgIpc) is 2.37. The first-order valence-electron chi connectivity index (χ1n) is 5.23. The number of methoxy groups -OCH3 is 1. The van der Waals surface area contributed by atoms with Crippen molar-refractivity contribution in [3.63, 3.8) is 0 Å². The van der Waals surface area contributed by atoms with Crippen LogP contribution in [0.3, 0.4) is 0 Å². The van der Waals surface area contributed by atoms with Gasteiger partial charge in [0.25, 0.3) is 0 Å². The lowest BCUT2D eigenvalue weighted by molar-refractivity contribution is 0.410. The molecule has 0 amide bonds. The molecule has 0 aliphatic heterocycles. The number of aromatic nitrogens is 2. The second-order valence-corrected chi connectivity index (χ2v) is 4.30. The highest BCUT2D eigenvalue weighted by molar-refractivity contribution is 6.31. The Bertz CT molecular complexity index is 549. The van der Waals surface area contributed by atoms with E-state index >= 15 is 0 Å². The SMILES string of the molecule is COc1cccc(Cl)c1CNc1cncc(Cl)n1. The summed E-state index contributed by atoms with van der Waals surface area (Å²) >= 11 is 11.9. The van der Waals surface area contributed by atoms with Gasteiger partial charge in [-0.2, -0.15) is 0 Å². The Morgan fingerprint density at radius 1 is 1.28 bits per heavy atom. The van der Waals surface area contributed by atoms with Gasteiger partial charge in [0.05, 0.1) is 19.5 Å². The zero-order valence-corrected chi connectivity index (χ0v) is 11.2. The van der Waals surface area contributed by atoms with Crippen LogP contribution in [0.1, 0.15) is 5.56 Å². The minimum absolute atomic E-state index is 0.339. The molecule has 0 aliphatic carbocycles. The molecule has 1 aromatic heterocycles. The van der Waals surface area contributed by atoms with Gasteiger partial charge in [-0.15, -0.1) is 0 Å². The number of nitrogens with one attached hydrogen (secondary N) is 1. The van der Waals surface area contributed by atoms with Gasteiger partial charge in [-0.1, -0.05) is 29.3 Å². The second-order valence-electron chi connectivity index (χ2n) is 3.50. The smallest absolute Gasteiger partial charge is 0.149 e. The van der Waals surface area contributed by atoms with E-state index in [0.717, 1.165) is 11.3 Å². The van der Waals surface area contributed by atoms with Gasteiger partial charge in [-0.25, -0.2) is 4.98 Å². The third-order valence-electron chi connectivity index (χ3n) is 2.35. The van der Waals surface area contributed by atoms with Crippen molar-refractivity contribution >= 4 is 29.0 Å². The van der Waals surface area contributed by atoms with E-state index in [4.69, 9.17) is 27.9 Å². The zero-order chi connectivity index (χ0) is 13.0. The molecule has 0 bridgehead atoms. The molecule has 0 radical (unpaired) electrons. The molecule has 1 aromatic carbocycles. The van der Waals surface area contributed by atoms with E-state index in [-0.39, 0.29) is 0 Å². The topological polar surface area (TPSA) is 47.0 Å². The number of anilines is 1. The maximum atomic E-state index is 6.12. The Labute approximate surface area is 115 Å². The minimum Gasteiger partial charge on any atom is -0.496 e. The molecule has 0 atom stereocenters. The van der Waals surface area contributed by atoms with E-state index in [1.54, 1.807) is 13.3 Å². The number of ether oxygens (including phenoxy) is 1. The van der Waals surface area contributed by atoms with Gasteiger partial charge in [0.15, 0.2) is 0 Å². The van der Waals surface area contributed by atoms with E-state index in [0.29, 0.717) is 22.5 Å². The van der Waals surface area contributed by atoms with Crippen molar-refractivity contribution in [3.8, 4) is 5.75 Å². The highest BCUT2D eigenvalue weighted by Crippen LogP contribution is 2.26. The lowest BCUT2D eigenvalue weighted by Gasteiger charge is -2.11. The van der Waals surface area contributed by atoms with Crippen LogP contribution in [-0.4, -0.2) is 17.1 Å². The number of hydrogen-bond donors (Lipinski definition) is 1. The normalized spacial score (nSPS) is 10.2. The molecule has 0 aliphatic rings. The predicted octanol–water partition coefficient (Wildman–Crippen LogP) is 3.40. The van der Waals surface area contributed by atoms with Gasteiger partial charge in [-0.05, 0) is 12.1 Å². The van der Waals surface area contributed by atoms with Gasteiger partial charge >= 0.3 is 0 Å². The van der Waals surface area contributed by atoms with E-state index in [9.17, 15) is 0 Å². The van der Waals surface area contributed by atoms with Crippen LogP contribution in [-0.2, 0) is 6.54 Å². The zero-order valence-electron chi connectivity index (χ0n) is 9.65. The van der Waals surface area contributed by atoms with Crippen LogP contribution in [0.25, 0.3) is 0 Å². The van der Waals surface area contributed by atoms with Crippen molar-refractivity contribution in [2.75, 3.05) is 12.4 Å². The molecule has 0 saturated carbocycles. The molecule has 2 aromatic rings. The maximum Gasteiger partial charge on any atom is 0.149 e. The first-order chi connectivity index (χ1) is 8.70. The highest BCUT2D eigenvalue weighted by atomic mass is 35.5. The lowest BCUT2D eigenvalue weighted by Crippen LogP contribution is -2.04. The Kier molecular flexibility index (Phi) is 4.23. The van der Waals surface area contributed by atoms with Crippen molar-refractivity contribution in [2.24, 2.45) is 0 Å². The van der Waals surface area contributed by atoms with Crippen molar-refractivity contribution in [2.45, 2.75) is 6.54 Å². The quantitative estimate of drug-likeness (QED) is 0.934. The molecular formula is C12H11Cl2N3O. The van der Waals surface area contributed by atoms with Crippen molar-refractivity contribution in [1.29, 1.82) is 0 Å². The van der Waals surface area contributed by atoms with Crippen LogP contribution in [0.5, 0.6) is 5.75 Å². The monoisotopic (exact) mass is 283 g/mol. The summed E-state index contributed by atoms with van der Waals surface area (Å²) < 4.78 is 5.25. The van der Waals surface area contributed by atoms with E-state index < -0.39 is 0 Å². The Balaban J connectivity index is 2.15. The summed E-state index contributed by atoms with van der Waals surface area (Å²) in [5, 5.41) is 4.07. The molecular weight excluding hydrogens is 273 g/mol. The Morgan fingerprint density at radius 3 is 2.83 bits per heavy atom. The molecule has 0 saturated heterocycles. The average molecular weight is 284 g/mol. The van der Waals surface area contributed by atoms with E-state index in [1.165, 1.54) is 6.20 Å². The van der Waals surface area contributed by atoms with Crippen LogP contribution in [0.15, 0.2) is 30.6 Å². The fourth-order valence-electron chi connectivity index (χ4n) is 1.51. The molecule has 1 N–H and O–H groups in total. The number of nitrogens with zero attached hydrogens (tertiary/aromatic N) is 2. The van der Waals surface area contributed by atoms with Gasteiger partial charge < -0.3 is 10.1 Å². The number of halogens is 2.